The summed E-state index contributed by atoms with van der Waals surface area (Å²) in [5.41, 5.74) is 0.597. The Hall–Kier alpha value is -4.62. The van der Waals surface area contributed by atoms with Gasteiger partial charge in [0.15, 0.2) is 12.3 Å². The Morgan fingerprint density at radius 2 is 1.64 bits per heavy atom. The van der Waals surface area contributed by atoms with Crippen LogP contribution in [-0.2, 0) is 14.4 Å². The van der Waals surface area contributed by atoms with Crippen LogP contribution in [0.2, 0.25) is 0 Å². The minimum absolute atomic E-state index is 0.00521. The molecule has 2 unspecified atom stereocenters. The number of aromatic nitrogens is 2. The number of hydrogen-bond acceptors (Lipinski definition) is 7. The lowest BCUT2D eigenvalue weighted by molar-refractivity contribution is -0.140. The Morgan fingerprint density at radius 3 is 2.27 bits per heavy atom. The lowest BCUT2D eigenvalue weighted by atomic mass is 9.93. The third-order valence-electron chi connectivity index (χ3n) is 8.66. The molecular weight excluding hydrogens is 582 g/mol. The minimum atomic E-state index is -1.03. The lowest BCUT2D eigenvalue weighted by Gasteiger charge is -2.36. The number of piperazine rings is 1. The molecule has 14 nitrogen and oxygen atoms in total. The Kier molecular flexibility index (Phi) is 9.89. The molecule has 0 radical (unpaired) electrons. The fourth-order valence-corrected chi connectivity index (χ4v) is 5.78. The van der Waals surface area contributed by atoms with Crippen molar-refractivity contribution < 1.29 is 33.8 Å². The number of nitrogens with zero attached hydrogens (tertiary/aromatic N) is 5. The monoisotopic (exact) mass is 623 g/mol. The van der Waals surface area contributed by atoms with Crippen LogP contribution in [0.4, 0.5) is 4.79 Å². The zero-order valence-corrected chi connectivity index (χ0v) is 25.7. The van der Waals surface area contributed by atoms with Gasteiger partial charge in [0.25, 0.3) is 11.8 Å². The standard InChI is InChI=1S/C31H41N7O7/c1-20(2)27(30(42)35-14-16-36(17-15-35)31(43)44)33-28(40)23-18-26(38(34-23)22-10-4-3-5-11-22)45-19-25(39)37-13-7-12-24(37)29(41)32-21-8-6-9-21/h3-5,10-11,18,20-21,24,27H,6-9,12-17,19H2,1-2H3,(H,32,41)(H,33,40)(H,43,44). The molecule has 1 aromatic heterocycles. The molecule has 1 aliphatic carbocycles. The number of para-hydroxylation sites is 1. The highest BCUT2D eigenvalue weighted by Gasteiger charge is 2.36. The Bertz CT molecular complexity index is 1400. The van der Waals surface area contributed by atoms with E-state index in [9.17, 15) is 29.1 Å². The summed E-state index contributed by atoms with van der Waals surface area (Å²) in [6.07, 6.45) is 3.32. The van der Waals surface area contributed by atoms with Gasteiger partial charge in [-0.2, -0.15) is 5.10 Å². The predicted octanol–water partition coefficient (Wildman–Crippen LogP) is 1.49. The number of nitrogens with one attached hydrogen (secondary N) is 2. The molecule has 0 bridgehead atoms. The van der Waals surface area contributed by atoms with Gasteiger partial charge in [0.05, 0.1) is 5.69 Å². The van der Waals surface area contributed by atoms with E-state index < -0.39 is 24.1 Å². The summed E-state index contributed by atoms with van der Waals surface area (Å²) in [4.78, 5) is 68.5. The van der Waals surface area contributed by atoms with Crippen LogP contribution in [-0.4, -0.2) is 117 Å². The summed E-state index contributed by atoms with van der Waals surface area (Å²) in [5, 5.41) is 19.5. The van der Waals surface area contributed by atoms with Crippen molar-refractivity contribution in [3.8, 4) is 11.6 Å². The van der Waals surface area contributed by atoms with Gasteiger partial charge in [-0.1, -0.05) is 32.0 Å². The van der Waals surface area contributed by atoms with Crippen LogP contribution < -0.4 is 15.4 Å². The zero-order valence-electron chi connectivity index (χ0n) is 25.7. The normalized spacial score (nSPS) is 19.2. The SMILES string of the molecule is CC(C)C(NC(=O)c1cc(OCC(=O)N2CCCC2C(=O)NC2CCC2)n(-c2ccccc2)n1)C(=O)N1CCN(C(=O)O)CC1. The molecule has 242 valence electrons. The molecule has 3 heterocycles. The molecule has 5 amide bonds. The van der Waals surface area contributed by atoms with Gasteiger partial charge >= 0.3 is 6.09 Å². The van der Waals surface area contributed by atoms with Gasteiger partial charge < -0.3 is 35.2 Å². The number of carbonyl (C=O) groups excluding carboxylic acids is 4. The molecule has 2 saturated heterocycles. The van der Waals surface area contributed by atoms with Crippen LogP contribution in [0.1, 0.15) is 56.4 Å². The highest BCUT2D eigenvalue weighted by molar-refractivity contribution is 5.96. The topological polar surface area (TPSA) is 166 Å². The molecule has 2 atom stereocenters. The van der Waals surface area contributed by atoms with Crippen molar-refractivity contribution in [1.82, 2.24) is 35.1 Å². The van der Waals surface area contributed by atoms with Gasteiger partial charge in [0, 0.05) is 44.8 Å². The second-order valence-electron chi connectivity index (χ2n) is 12.1. The fraction of sp³-hybridized carbons (Fsp3) is 0.548. The summed E-state index contributed by atoms with van der Waals surface area (Å²) < 4.78 is 7.35. The molecule has 3 fully saturated rings. The second-order valence-corrected chi connectivity index (χ2v) is 12.1. The molecule has 3 aliphatic rings. The van der Waals surface area contributed by atoms with E-state index in [1.165, 1.54) is 15.6 Å². The van der Waals surface area contributed by atoms with E-state index in [4.69, 9.17) is 4.74 Å². The molecule has 2 aliphatic heterocycles. The van der Waals surface area contributed by atoms with Crippen molar-refractivity contribution in [1.29, 1.82) is 0 Å². The number of ether oxygens (including phenoxy) is 1. The molecular formula is C31H41N7O7. The van der Waals surface area contributed by atoms with Crippen LogP contribution >= 0.6 is 0 Å². The van der Waals surface area contributed by atoms with Crippen LogP contribution in [0.15, 0.2) is 36.4 Å². The Morgan fingerprint density at radius 1 is 0.956 bits per heavy atom. The average molecular weight is 624 g/mol. The van der Waals surface area contributed by atoms with Crippen LogP contribution in [0.5, 0.6) is 5.88 Å². The first-order chi connectivity index (χ1) is 21.6. The van der Waals surface area contributed by atoms with Crippen molar-refractivity contribution >= 4 is 29.7 Å². The quantitative estimate of drug-likeness (QED) is 0.358. The largest absolute Gasteiger partial charge is 0.467 e. The van der Waals surface area contributed by atoms with Gasteiger partial charge in [0.2, 0.25) is 17.7 Å². The lowest BCUT2D eigenvalue weighted by Crippen LogP contribution is -2.57. The van der Waals surface area contributed by atoms with Crippen molar-refractivity contribution in [3.05, 3.63) is 42.1 Å². The van der Waals surface area contributed by atoms with Crippen molar-refractivity contribution in [2.75, 3.05) is 39.3 Å². The van der Waals surface area contributed by atoms with E-state index in [1.807, 2.05) is 19.9 Å². The molecule has 45 heavy (non-hydrogen) atoms. The van der Waals surface area contributed by atoms with Gasteiger partial charge in [-0.3, -0.25) is 19.2 Å². The van der Waals surface area contributed by atoms with Crippen LogP contribution in [0.25, 0.3) is 5.69 Å². The van der Waals surface area contributed by atoms with Crippen LogP contribution in [0, 0.1) is 5.92 Å². The number of amides is 5. The maximum absolute atomic E-state index is 13.4. The summed E-state index contributed by atoms with van der Waals surface area (Å²) >= 11 is 0. The van der Waals surface area contributed by atoms with Gasteiger partial charge in [0.1, 0.15) is 12.1 Å². The van der Waals surface area contributed by atoms with E-state index in [0.29, 0.717) is 18.7 Å². The van der Waals surface area contributed by atoms with Gasteiger partial charge in [-0.15, -0.1) is 0 Å². The molecule has 5 rings (SSSR count). The smallest absolute Gasteiger partial charge is 0.407 e. The maximum atomic E-state index is 13.4. The first kappa shape index (κ1) is 31.8. The van der Waals surface area contributed by atoms with E-state index in [-0.39, 0.29) is 74.0 Å². The molecule has 2 aromatic rings. The van der Waals surface area contributed by atoms with Crippen molar-refractivity contribution in [2.24, 2.45) is 5.92 Å². The van der Waals surface area contributed by atoms with E-state index in [2.05, 4.69) is 15.7 Å². The molecule has 1 aromatic carbocycles. The van der Waals surface area contributed by atoms with E-state index in [0.717, 1.165) is 25.7 Å². The molecule has 0 spiro atoms. The Labute approximate surface area is 261 Å². The maximum Gasteiger partial charge on any atom is 0.407 e. The third kappa shape index (κ3) is 7.37. The Balaban J connectivity index is 1.27. The van der Waals surface area contributed by atoms with Crippen molar-refractivity contribution in [2.45, 2.75) is 64.1 Å². The molecule has 1 saturated carbocycles. The molecule has 14 heteroatoms. The number of likely N-dealkylation sites (tertiary alicyclic amines) is 1. The van der Waals surface area contributed by atoms with Gasteiger partial charge in [-0.05, 0) is 50.2 Å². The highest BCUT2D eigenvalue weighted by Crippen LogP contribution is 2.24. The summed E-state index contributed by atoms with van der Waals surface area (Å²) in [7, 11) is 0. The summed E-state index contributed by atoms with van der Waals surface area (Å²) in [6, 6.07) is 9.22. The molecule has 3 N–H and O–H groups in total. The number of benzene rings is 1. The number of carboxylic acid groups (broad SMARTS) is 1. The minimum Gasteiger partial charge on any atom is -0.467 e. The number of hydrogen-bond donors (Lipinski definition) is 3. The summed E-state index contributed by atoms with van der Waals surface area (Å²) in [5.74, 6) is -1.44. The highest BCUT2D eigenvalue weighted by atomic mass is 16.5. The first-order valence-corrected chi connectivity index (χ1v) is 15.6. The van der Waals surface area contributed by atoms with Crippen LogP contribution in [0.3, 0.4) is 0 Å². The number of rotatable bonds is 10. The second kappa shape index (κ2) is 14.0. The fourth-order valence-electron chi connectivity index (χ4n) is 5.78. The van der Waals surface area contributed by atoms with E-state index >= 15 is 0 Å². The third-order valence-corrected chi connectivity index (χ3v) is 8.66. The summed E-state index contributed by atoms with van der Waals surface area (Å²) in [6.45, 7) is 4.62. The number of carbonyl (C=O) groups is 5. The van der Waals surface area contributed by atoms with Gasteiger partial charge in [-0.25, -0.2) is 9.48 Å². The predicted molar refractivity (Wildman–Crippen MR) is 162 cm³/mol. The average Bonchev–Trinajstić information content (AvgIpc) is 3.68. The zero-order chi connectivity index (χ0) is 32.1. The van der Waals surface area contributed by atoms with E-state index in [1.54, 1.807) is 34.1 Å². The van der Waals surface area contributed by atoms with Crippen molar-refractivity contribution in [3.63, 3.8) is 0 Å². The first-order valence-electron chi connectivity index (χ1n) is 15.6.